The Morgan fingerprint density at radius 1 is 0.824 bits per heavy atom. The van der Waals surface area contributed by atoms with Crippen LogP contribution in [0.2, 0.25) is 0 Å². The average Bonchev–Trinajstić information content (AvgIpc) is 3.46. The number of benzene rings is 2. The number of methoxy groups -OCH3 is 3. The summed E-state index contributed by atoms with van der Waals surface area (Å²) in [5, 5.41) is 9.94. The van der Waals surface area contributed by atoms with Gasteiger partial charge in [0.1, 0.15) is 6.10 Å². The maximum Gasteiger partial charge on any atom is 0.226 e. The Hall–Kier alpha value is -2.52. The molecule has 2 aromatic rings. The van der Waals surface area contributed by atoms with Crippen molar-refractivity contribution < 1.29 is 38.3 Å². The zero-order valence-corrected chi connectivity index (χ0v) is 20.4. The molecule has 0 radical (unpaired) electrons. The van der Waals surface area contributed by atoms with E-state index >= 15 is 0 Å². The molecule has 186 valence electrons. The zero-order chi connectivity index (χ0) is 24.2. The summed E-state index contributed by atoms with van der Waals surface area (Å²) in [6.07, 6.45) is -1.75. The first-order valence-electron chi connectivity index (χ1n) is 11.6. The van der Waals surface area contributed by atoms with Gasteiger partial charge in [0.2, 0.25) is 6.29 Å². The normalized spacial score (nSPS) is 25.5. The first kappa shape index (κ1) is 24.6. The molecule has 34 heavy (non-hydrogen) atoms. The van der Waals surface area contributed by atoms with E-state index in [4.69, 9.17) is 33.2 Å². The van der Waals surface area contributed by atoms with E-state index in [2.05, 4.69) is 0 Å². The molecule has 0 bridgehead atoms. The molecule has 0 spiro atoms. The minimum atomic E-state index is -0.785. The molecule has 0 saturated carbocycles. The molecule has 0 aromatic heterocycles. The van der Waals surface area contributed by atoms with Crippen LogP contribution >= 0.6 is 0 Å². The van der Waals surface area contributed by atoms with E-state index in [0.29, 0.717) is 42.8 Å². The quantitative estimate of drug-likeness (QED) is 0.519. The van der Waals surface area contributed by atoms with E-state index in [1.165, 1.54) is 0 Å². The molecule has 2 fully saturated rings. The van der Waals surface area contributed by atoms with Gasteiger partial charge in [0.15, 0.2) is 23.0 Å². The molecular formula is C26H34O8. The van der Waals surface area contributed by atoms with Crippen molar-refractivity contribution in [3.05, 3.63) is 47.5 Å². The lowest BCUT2D eigenvalue weighted by Gasteiger charge is -2.23. The van der Waals surface area contributed by atoms with Crippen LogP contribution in [0.15, 0.2) is 36.4 Å². The third-order valence-electron chi connectivity index (χ3n) is 6.48. The van der Waals surface area contributed by atoms with Crippen molar-refractivity contribution in [2.75, 3.05) is 41.2 Å². The second-order valence-corrected chi connectivity index (χ2v) is 8.54. The summed E-state index contributed by atoms with van der Waals surface area (Å²) in [5.41, 5.74) is 2.05. The Morgan fingerprint density at radius 2 is 1.32 bits per heavy atom. The lowest BCUT2D eigenvalue weighted by Crippen LogP contribution is -2.32. The van der Waals surface area contributed by atoms with Gasteiger partial charge in [0.25, 0.3) is 0 Å². The Bertz CT molecular complexity index is 962. The first-order valence-corrected chi connectivity index (χ1v) is 11.6. The lowest BCUT2D eigenvalue weighted by atomic mass is 9.85. The van der Waals surface area contributed by atoms with E-state index in [1.54, 1.807) is 28.3 Å². The third kappa shape index (κ3) is 4.81. The zero-order valence-electron chi connectivity index (χ0n) is 20.4. The summed E-state index contributed by atoms with van der Waals surface area (Å²) in [6.45, 7) is 5.11. The molecule has 2 saturated heterocycles. The first-order chi connectivity index (χ1) is 16.5. The minimum Gasteiger partial charge on any atom is -0.493 e. The maximum absolute atomic E-state index is 9.94. The molecule has 4 rings (SSSR count). The van der Waals surface area contributed by atoms with Gasteiger partial charge < -0.3 is 38.3 Å². The molecule has 2 aliphatic rings. The summed E-state index contributed by atoms with van der Waals surface area (Å²) >= 11 is 0. The average molecular weight is 475 g/mol. The van der Waals surface area contributed by atoms with Gasteiger partial charge in [0, 0.05) is 18.4 Å². The Morgan fingerprint density at radius 3 is 1.79 bits per heavy atom. The number of rotatable bonds is 10. The molecule has 8 nitrogen and oxygen atoms in total. The van der Waals surface area contributed by atoms with Gasteiger partial charge in [-0.25, -0.2) is 0 Å². The van der Waals surface area contributed by atoms with Crippen molar-refractivity contribution in [2.45, 2.75) is 38.4 Å². The van der Waals surface area contributed by atoms with E-state index in [1.807, 2.05) is 43.3 Å². The number of aliphatic hydroxyl groups excluding tert-OH is 1. The number of hydrogen-bond donors (Lipinski definition) is 1. The van der Waals surface area contributed by atoms with E-state index in [0.717, 1.165) is 11.1 Å². The van der Waals surface area contributed by atoms with E-state index < -0.39 is 12.4 Å². The highest BCUT2D eigenvalue weighted by Crippen LogP contribution is 2.51. The van der Waals surface area contributed by atoms with Crippen LogP contribution in [0.1, 0.15) is 37.2 Å². The molecular weight excluding hydrogens is 440 g/mol. The van der Waals surface area contributed by atoms with Crippen molar-refractivity contribution in [3.63, 3.8) is 0 Å². The van der Waals surface area contributed by atoms with Crippen molar-refractivity contribution in [1.82, 2.24) is 0 Å². The summed E-state index contributed by atoms with van der Waals surface area (Å²) in [4.78, 5) is 0. The molecule has 6 atom stereocenters. The fourth-order valence-electron chi connectivity index (χ4n) is 4.78. The van der Waals surface area contributed by atoms with Crippen LogP contribution in [0.5, 0.6) is 23.0 Å². The Balaban J connectivity index is 1.51. The SMILES string of the molecule is CCO[C@@H](Oc1ccc([C@@H]2OCC3C2CO[C@@H]3c2ccc(OC)c(OC)c2)cc1OC)C(C)O. The molecule has 1 N–H and O–H groups in total. The fraction of sp³-hybridized carbons (Fsp3) is 0.538. The smallest absolute Gasteiger partial charge is 0.226 e. The number of hydrogen-bond acceptors (Lipinski definition) is 8. The van der Waals surface area contributed by atoms with Crippen LogP contribution in [0.4, 0.5) is 0 Å². The third-order valence-corrected chi connectivity index (χ3v) is 6.48. The van der Waals surface area contributed by atoms with Gasteiger partial charge in [0.05, 0.1) is 46.8 Å². The predicted octanol–water partition coefficient (Wildman–Crippen LogP) is 3.91. The number of fused-ring (bicyclic) bond motifs is 1. The second-order valence-electron chi connectivity index (χ2n) is 8.54. The fourth-order valence-corrected chi connectivity index (χ4v) is 4.78. The highest BCUT2D eigenvalue weighted by atomic mass is 16.7. The van der Waals surface area contributed by atoms with E-state index in [9.17, 15) is 5.11 Å². The predicted molar refractivity (Wildman–Crippen MR) is 125 cm³/mol. The van der Waals surface area contributed by atoms with Gasteiger partial charge in [-0.05, 0) is 49.2 Å². The summed E-state index contributed by atoms with van der Waals surface area (Å²) < 4.78 is 40.3. The standard InChI is InChI=1S/C26H34O8/c1-6-31-26(15(2)27)34-21-10-8-17(12-23(21)30-5)25-19-14-32-24(18(19)13-33-25)16-7-9-20(28-3)22(11-16)29-4/h7-12,15,18-19,24-27H,6,13-14H2,1-5H3/t15?,18?,19?,24-,25+,26+/m1/s1. The molecule has 8 heteroatoms. The van der Waals surface area contributed by atoms with Crippen molar-refractivity contribution >= 4 is 0 Å². The van der Waals surface area contributed by atoms with Crippen LogP contribution in [0.25, 0.3) is 0 Å². The largest absolute Gasteiger partial charge is 0.493 e. The van der Waals surface area contributed by atoms with Gasteiger partial charge in [-0.15, -0.1) is 0 Å². The molecule has 3 unspecified atom stereocenters. The number of aliphatic hydroxyl groups is 1. The molecule has 0 aliphatic carbocycles. The topological polar surface area (TPSA) is 84.8 Å². The van der Waals surface area contributed by atoms with Crippen molar-refractivity contribution in [2.24, 2.45) is 11.8 Å². The highest BCUT2D eigenvalue weighted by molar-refractivity contribution is 5.45. The molecule has 2 aromatic carbocycles. The van der Waals surface area contributed by atoms with Crippen molar-refractivity contribution in [3.8, 4) is 23.0 Å². The van der Waals surface area contributed by atoms with Gasteiger partial charge >= 0.3 is 0 Å². The second kappa shape index (κ2) is 10.8. The van der Waals surface area contributed by atoms with Crippen molar-refractivity contribution in [1.29, 1.82) is 0 Å². The number of ether oxygens (including phenoxy) is 7. The summed E-state index contributed by atoms with van der Waals surface area (Å²) in [6, 6.07) is 11.6. The lowest BCUT2D eigenvalue weighted by molar-refractivity contribution is -0.136. The summed E-state index contributed by atoms with van der Waals surface area (Å²) in [7, 11) is 4.85. The van der Waals surface area contributed by atoms with Crippen LogP contribution in [-0.2, 0) is 14.2 Å². The van der Waals surface area contributed by atoms with Gasteiger partial charge in [-0.2, -0.15) is 0 Å². The molecule has 2 aliphatic heterocycles. The van der Waals surface area contributed by atoms with Crippen LogP contribution in [-0.4, -0.2) is 58.7 Å². The molecule has 2 heterocycles. The van der Waals surface area contributed by atoms with Gasteiger partial charge in [-0.3, -0.25) is 0 Å². The summed E-state index contributed by atoms with van der Waals surface area (Å²) in [5.74, 6) is 2.88. The Labute approximate surface area is 200 Å². The highest BCUT2D eigenvalue weighted by Gasteiger charge is 2.48. The van der Waals surface area contributed by atoms with Crippen LogP contribution in [0, 0.1) is 11.8 Å². The van der Waals surface area contributed by atoms with Crippen LogP contribution in [0.3, 0.4) is 0 Å². The monoisotopic (exact) mass is 474 g/mol. The minimum absolute atomic E-state index is 0.0719. The molecule has 0 amide bonds. The van der Waals surface area contributed by atoms with E-state index in [-0.39, 0.29) is 24.0 Å². The maximum atomic E-state index is 9.94. The van der Waals surface area contributed by atoms with Crippen LogP contribution < -0.4 is 18.9 Å². The Kier molecular flexibility index (Phi) is 7.83. The van der Waals surface area contributed by atoms with Gasteiger partial charge in [-0.1, -0.05) is 12.1 Å².